The van der Waals surface area contributed by atoms with Crippen LogP contribution in [0, 0.1) is 5.92 Å². The van der Waals surface area contributed by atoms with E-state index in [1.807, 2.05) is 0 Å². The third kappa shape index (κ3) is 3.45. The number of aromatic nitrogens is 2. The summed E-state index contributed by atoms with van der Waals surface area (Å²) in [5.74, 6) is 0.187. The number of amides is 1. The molecule has 1 aromatic rings. The molecule has 1 atom stereocenters. The molecule has 3 N–H and O–H groups in total. The summed E-state index contributed by atoms with van der Waals surface area (Å²) in [5, 5.41) is 6.91. The molecule has 1 aromatic heterocycles. The Hall–Kier alpha value is -1.69. The van der Waals surface area contributed by atoms with Gasteiger partial charge in [-0.3, -0.25) is 9.59 Å². The summed E-state index contributed by atoms with van der Waals surface area (Å²) >= 11 is 0. The van der Waals surface area contributed by atoms with Crippen LogP contribution in [0.4, 0.5) is 0 Å². The van der Waals surface area contributed by atoms with E-state index in [-0.39, 0.29) is 23.2 Å². The van der Waals surface area contributed by atoms with Gasteiger partial charge in [-0.2, -0.15) is 5.10 Å². The lowest BCUT2D eigenvalue weighted by Gasteiger charge is -2.29. The van der Waals surface area contributed by atoms with Gasteiger partial charge in [0.2, 0.25) is 0 Å². The number of hydrogen-bond acceptors (Lipinski definition) is 4. The second kappa shape index (κ2) is 6.65. The lowest BCUT2D eigenvalue weighted by atomic mass is 9.84. The Morgan fingerprint density at radius 3 is 2.75 bits per heavy atom. The van der Waals surface area contributed by atoms with Gasteiger partial charge in [0.25, 0.3) is 11.5 Å². The minimum atomic E-state index is -0.262. The second-order valence-electron chi connectivity index (χ2n) is 5.39. The predicted molar refractivity (Wildman–Crippen MR) is 76.4 cm³/mol. The summed E-state index contributed by atoms with van der Waals surface area (Å²) in [5.41, 5.74) is 5.81. The van der Waals surface area contributed by atoms with Crippen LogP contribution in [0.1, 0.15) is 42.6 Å². The van der Waals surface area contributed by atoms with Crippen LogP contribution in [0.5, 0.6) is 0 Å². The summed E-state index contributed by atoms with van der Waals surface area (Å²) in [4.78, 5) is 23.4. The molecular formula is C14H22N4O2. The van der Waals surface area contributed by atoms with Gasteiger partial charge in [-0.1, -0.05) is 19.3 Å². The third-order valence-electron chi connectivity index (χ3n) is 3.98. The molecule has 0 aliphatic heterocycles. The first-order valence-corrected chi connectivity index (χ1v) is 7.17. The highest BCUT2D eigenvalue weighted by Gasteiger charge is 2.24. The zero-order valence-corrected chi connectivity index (χ0v) is 11.8. The van der Waals surface area contributed by atoms with E-state index in [4.69, 9.17) is 5.73 Å². The molecule has 1 aliphatic carbocycles. The monoisotopic (exact) mass is 278 g/mol. The van der Waals surface area contributed by atoms with E-state index in [1.54, 1.807) is 0 Å². The largest absolute Gasteiger partial charge is 0.346 e. The smallest absolute Gasteiger partial charge is 0.271 e. The van der Waals surface area contributed by atoms with Crippen molar-refractivity contribution in [1.29, 1.82) is 0 Å². The van der Waals surface area contributed by atoms with Crippen molar-refractivity contribution in [2.24, 2.45) is 18.7 Å². The molecule has 20 heavy (non-hydrogen) atoms. The van der Waals surface area contributed by atoms with Gasteiger partial charge in [0, 0.05) is 25.7 Å². The molecule has 0 radical (unpaired) electrons. The Labute approximate surface area is 118 Å². The van der Waals surface area contributed by atoms with Crippen molar-refractivity contribution in [1.82, 2.24) is 15.1 Å². The molecule has 0 spiro atoms. The standard InChI is InChI=1S/C14H22N4O2/c1-18-13(19)8-7-11(17-18)14(20)16-12(9-15)10-5-3-2-4-6-10/h7-8,10,12H,2-6,9,15H2,1H3,(H,16,20). The van der Waals surface area contributed by atoms with Crippen LogP contribution in [0.2, 0.25) is 0 Å². The van der Waals surface area contributed by atoms with E-state index >= 15 is 0 Å². The first-order chi connectivity index (χ1) is 9.61. The Morgan fingerprint density at radius 1 is 1.45 bits per heavy atom. The average molecular weight is 278 g/mol. The molecule has 1 fully saturated rings. The summed E-state index contributed by atoms with van der Waals surface area (Å²) in [7, 11) is 1.53. The van der Waals surface area contributed by atoms with E-state index in [0.29, 0.717) is 12.5 Å². The van der Waals surface area contributed by atoms with Crippen molar-refractivity contribution in [3.05, 3.63) is 28.2 Å². The number of aryl methyl sites for hydroxylation is 1. The molecule has 1 saturated carbocycles. The van der Waals surface area contributed by atoms with Crippen molar-refractivity contribution in [2.45, 2.75) is 38.1 Å². The van der Waals surface area contributed by atoms with Crippen LogP contribution >= 0.6 is 0 Å². The molecule has 0 bridgehead atoms. The maximum absolute atomic E-state index is 12.2. The predicted octanol–water partition coefficient (Wildman–Crippen LogP) is 0.418. The molecule has 6 nitrogen and oxygen atoms in total. The SMILES string of the molecule is Cn1nc(C(=O)NC(CN)C2CCCCC2)ccc1=O. The van der Waals surface area contributed by atoms with Gasteiger partial charge in [0.15, 0.2) is 0 Å². The minimum absolute atomic E-state index is 0.0122. The van der Waals surface area contributed by atoms with Gasteiger partial charge in [0.1, 0.15) is 5.69 Å². The molecular weight excluding hydrogens is 256 g/mol. The number of rotatable bonds is 4. The highest BCUT2D eigenvalue weighted by molar-refractivity contribution is 5.92. The number of hydrogen-bond donors (Lipinski definition) is 2. The van der Waals surface area contributed by atoms with Gasteiger partial charge in [-0.05, 0) is 24.8 Å². The molecule has 0 saturated heterocycles. The Kier molecular flexibility index (Phi) is 4.89. The van der Waals surface area contributed by atoms with Gasteiger partial charge in [-0.15, -0.1) is 0 Å². The molecule has 6 heteroatoms. The summed E-state index contributed by atoms with van der Waals surface area (Å²) in [6, 6.07) is 2.79. The van der Waals surface area contributed by atoms with Gasteiger partial charge >= 0.3 is 0 Å². The van der Waals surface area contributed by atoms with Gasteiger partial charge in [-0.25, -0.2) is 4.68 Å². The number of nitrogens with two attached hydrogens (primary N) is 1. The first kappa shape index (κ1) is 14.7. The lowest BCUT2D eigenvalue weighted by molar-refractivity contribution is 0.0908. The molecule has 1 unspecified atom stereocenters. The lowest BCUT2D eigenvalue weighted by Crippen LogP contribution is -2.46. The quantitative estimate of drug-likeness (QED) is 0.835. The highest BCUT2D eigenvalue weighted by atomic mass is 16.2. The fourth-order valence-corrected chi connectivity index (χ4v) is 2.77. The third-order valence-corrected chi connectivity index (χ3v) is 3.98. The van der Waals surface area contributed by atoms with Crippen molar-refractivity contribution in [2.75, 3.05) is 6.54 Å². The molecule has 1 aliphatic rings. The molecule has 0 aromatic carbocycles. The molecule has 110 valence electrons. The Balaban J connectivity index is 2.04. The topological polar surface area (TPSA) is 90.0 Å². The highest BCUT2D eigenvalue weighted by Crippen LogP contribution is 2.26. The number of nitrogens with one attached hydrogen (secondary N) is 1. The molecule has 2 rings (SSSR count). The van der Waals surface area contributed by atoms with E-state index in [1.165, 1.54) is 38.4 Å². The van der Waals surface area contributed by atoms with E-state index in [0.717, 1.165) is 17.5 Å². The van der Waals surface area contributed by atoms with Gasteiger partial charge in [0.05, 0.1) is 0 Å². The fourth-order valence-electron chi connectivity index (χ4n) is 2.77. The maximum Gasteiger partial charge on any atom is 0.271 e. The summed E-state index contributed by atoms with van der Waals surface area (Å²) in [6.07, 6.45) is 5.90. The average Bonchev–Trinajstić information content (AvgIpc) is 2.48. The van der Waals surface area contributed by atoms with Crippen LogP contribution in [-0.4, -0.2) is 28.3 Å². The van der Waals surface area contributed by atoms with Crippen LogP contribution < -0.4 is 16.6 Å². The van der Waals surface area contributed by atoms with E-state index in [2.05, 4.69) is 10.4 Å². The number of carbonyl (C=O) groups excluding carboxylic acids is 1. The second-order valence-corrected chi connectivity index (χ2v) is 5.39. The van der Waals surface area contributed by atoms with Crippen LogP contribution in [0.15, 0.2) is 16.9 Å². The number of carbonyl (C=O) groups is 1. The summed E-state index contributed by atoms with van der Waals surface area (Å²) in [6.45, 7) is 0.433. The Bertz CT molecular complexity index is 520. The normalized spacial score (nSPS) is 17.7. The van der Waals surface area contributed by atoms with E-state index in [9.17, 15) is 9.59 Å². The van der Waals surface area contributed by atoms with Crippen molar-refractivity contribution < 1.29 is 4.79 Å². The Morgan fingerprint density at radius 2 is 2.15 bits per heavy atom. The van der Waals surface area contributed by atoms with Crippen molar-refractivity contribution >= 4 is 5.91 Å². The van der Waals surface area contributed by atoms with Gasteiger partial charge < -0.3 is 11.1 Å². The minimum Gasteiger partial charge on any atom is -0.346 e. The van der Waals surface area contributed by atoms with Crippen molar-refractivity contribution in [3.8, 4) is 0 Å². The van der Waals surface area contributed by atoms with Crippen LogP contribution in [0.3, 0.4) is 0 Å². The number of nitrogens with zero attached hydrogens (tertiary/aromatic N) is 2. The maximum atomic E-state index is 12.2. The molecule has 1 heterocycles. The fraction of sp³-hybridized carbons (Fsp3) is 0.643. The molecule has 1 amide bonds. The van der Waals surface area contributed by atoms with Crippen molar-refractivity contribution in [3.63, 3.8) is 0 Å². The van der Waals surface area contributed by atoms with Crippen LogP contribution in [-0.2, 0) is 7.05 Å². The van der Waals surface area contributed by atoms with Crippen LogP contribution in [0.25, 0.3) is 0 Å². The summed E-state index contributed by atoms with van der Waals surface area (Å²) < 4.78 is 1.16. The first-order valence-electron chi connectivity index (χ1n) is 7.17. The van der Waals surface area contributed by atoms with E-state index < -0.39 is 0 Å². The zero-order valence-electron chi connectivity index (χ0n) is 11.8. The zero-order chi connectivity index (χ0) is 14.5.